The molecule has 0 spiro atoms. The number of carbonyl (C=O) groups is 1. The van der Waals surface area contributed by atoms with Gasteiger partial charge in [-0.3, -0.25) is 0 Å². The van der Waals surface area contributed by atoms with E-state index in [0.29, 0.717) is 0 Å². The summed E-state index contributed by atoms with van der Waals surface area (Å²) in [4.78, 5) is 11.3. The molecule has 2 aromatic rings. The van der Waals surface area contributed by atoms with E-state index in [1.165, 1.54) is 12.8 Å². The monoisotopic (exact) mass is 750 g/mol. The number of hydrogen-bond donors (Lipinski definition) is 1. The fourth-order valence-corrected chi connectivity index (χ4v) is 4.56. The molecule has 0 aromatic heterocycles. The van der Waals surface area contributed by atoms with E-state index in [0.717, 1.165) is 41.2 Å². The first-order valence-electron chi connectivity index (χ1n) is 17.4. The molecule has 4 nitrogen and oxygen atoms in total. The maximum atomic E-state index is 13.0. The molecule has 1 amide bonds. The van der Waals surface area contributed by atoms with Crippen LogP contribution in [0, 0.1) is 34.9 Å². The van der Waals surface area contributed by atoms with Crippen LogP contribution in [-0.4, -0.2) is 23.9 Å². The lowest BCUT2D eigenvalue weighted by Gasteiger charge is -2.26. The number of benzene rings is 2. The van der Waals surface area contributed by atoms with Gasteiger partial charge in [-0.15, -0.1) is 0 Å². The zero-order valence-corrected chi connectivity index (χ0v) is 33.0. The lowest BCUT2D eigenvalue weighted by molar-refractivity contribution is -0.158. The van der Waals surface area contributed by atoms with E-state index in [1.807, 2.05) is 29.6 Å². The second-order valence-corrected chi connectivity index (χ2v) is 15.8. The summed E-state index contributed by atoms with van der Waals surface area (Å²) in [6.07, 6.45) is -7.35. The average Bonchev–Trinajstić information content (AvgIpc) is 2.94. The van der Waals surface area contributed by atoms with Gasteiger partial charge in [-0.05, 0) is 98.1 Å². The molecule has 52 heavy (non-hydrogen) atoms. The Labute approximate surface area is 309 Å². The number of carbonyl (C=O) groups excluding carboxylic acids is 1. The van der Waals surface area contributed by atoms with Gasteiger partial charge in [0.25, 0.3) is 0 Å². The van der Waals surface area contributed by atoms with Gasteiger partial charge in [0.15, 0.2) is 0 Å². The highest BCUT2D eigenvalue weighted by Gasteiger charge is 2.41. The number of halogens is 7. The van der Waals surface area contributed by atoms with Crippen LogP contribution in [0.5, 0.6) is 0 Å². The number of nitrogens with zero attached hydrogens (tertiary/aromatic N) is 1. The summed E-state index contributed by atoms with van der Waals surface area (Å²) in [6.45, 7) is 26.9. The molecule has 0 aliphatic rings. The number of nitrogens with one attached hydrogen (secondary N) is 1. The molecule has 300 valence electrons. The Morgan fingerprint density at radius 1 is 0.827 bits per heavy atom. The quantitative estimate of drug-likeness (QED) is 0.287. The highest BCUT2D eigenvalue weighted by molar-refractivity contribution is 5.68. The fraction of sp³-hybridized carbons (Fsp3) is 0.659. The summed E-state index contributed by atoms with van der Waals surface area (Å²) in [7, 11) is 0. The van der Waals surface area contributed by atoms with Crippen LogP contribution in [0.1, 0.15) is 152 Å². The van der Waals surface area contributed by atoms with Crippen molar-refractivity contribution < 1.29 is 40.3 Å². The molecule has 0 saturated heterocycles. The summed E-state index contributed by atoms with van der Waals surface area (Å²) in [5, 5.41) is 10.7. The molecule has 0 saturated carbocycles. The average molecular weight is 751 g/mol. The van der Waals surface area contributed by atoms with Gasteiger partial charge in [-0.1, -0.05) is 108 Å². The molecular weight excluding hydrogens is 685 g/mol. The number of nitriles is 1. The Morgan fingerprint density at radius 3 is 1.65 bits per heavy atom. The third-order valence-corrected chi connectivity index (χ3v) is 7.16. The van der Waals surface area contributed by atoms with Gasteiger partial charge < -0.3 is 10.1 Å². The second kappa shape index (κ2) is 23.4. The zero-order valence-electron chi connectivity index (χ0n) is 33.0. The highest BCUT2D eigenvalue weighted by atomic mass is 19.4. The minimum absolute atomic E-state index is 0. The maximum absolute atomic E-state index is 13.0. The predicted molar refractivity (Wildman–Crippen MR) is 200 cm³/mol. The molecule has 0 radical (unpaired) electrons. The maximum Gasteiger partial charge on any atom is 0.416 e. The van der Waals surface area contributed by atoms with Crippen molar-refractivity contribution in [3.05, 3.63) is 70.5 Å². The van der Waals surface area contributed by atoms with Crippen molar-refractivity contribution in [3.63, 3.8) is 0 Å². The Bertz CT molecular complexity index is 1330. The number of alkyl halides is 6. The summed E-state index contributed by atoms with van der Waals surface area (Å²) in [5.74, 6) is 0.793. The molecule has 0 bridgehead atoms. The number of hydrogen-bond acceptors (Lipinski definition) is 3. The van der Waals surface area contributed by atoms with Crippen molar-refractivity contribution in [2.45, 2.75) is 159 Å². The molecule has 11 heteroatoms. The van der Waals surface area contributed by atoms with Crippen molar-refractivity contribution in [1.82, 2.24) is 5.32 Å². The van der Waals surface area contributed by atoms with Crippen LogP contribution in [-0.2, 0) is 16.3 Å². The van der Waals surface area contributed by atoms with Crippen LogP contribution in [0.25, 0.3) is 0 Å². The van der Waals surface area contributed by atoms with Gasteiger partial charge in [-0.2, -0.15) is 31.6 Å². The molecule has 0 aliphatic carbocycles. The van der Waals surface area contributed by atoms with Crippen LogP contribution in [0.3, 0.4) is 0 Å². The van der Waals surface area contributed by atoms with Gasteiger partial charge in [0.05, 0.1) is 17.2 Å². The number of rotatable bonds is 7. The van der Waals surface area contributed by atoms with E-state index in [-0.39, 0.29) is 36.7 Å². The SMILES string of the molecule is C.CC(C)(C)c1ccccc1C#N.CC(C)CC(NC(=O)OC(C)(C)C)C(F)(F)F.CC(C)c1cc(C(F)(F)F)ccc1F.CCC(C)CC(C)C. The van der Waals surface area contributed by atoms with Crippen molar-refractivity contribution >= 4 is 6.09 Å². The first kappa shape index (κ1) is 53.1. The summed E-state index contributed by atoms with van der Waals surface area (Å²) in [5.41, 5.74) is 0.449. The van der Waals surface area contributed by atoms with Crippen LogP contribution in [0.15, 0.2) is 42.5 Å². The Balaban J connectivity index is -0.000000629. The van der Waals surface area contributed by atoms with Crippen LogP contribution < -0.4 is 5.32 Å². The predicted octanol–water partition coefficient (Wildman–Crippen LogP) is 14.0. The summed E-state index contributed by atoms with van der Waals surface area (Å²) in [6, 6.07) is 10.6. The molecule has 2 unspecified atom stereocenters. The third-order valence-electron chi connectivity index (χ3n) is 7.16. The van der Waals surface area contributed by atoms with Gasteiger partial charge in [0.2, 0.25) is 0 Å². The highest BCUT2D eigenvalue weighted by Crippen LogP contribution is 2.32. The number of alkyl carbamates (subject to hydrolysis) is 1. The minimum atomic E-state index is -4.46. The normalized spacial score (nSPS) is 12.8. The van der Waals surface area contributed by atoms with E-state index in [2.05, 4.69) is 54.5 Å². The van der Waals surface area contributed by atoms with E-state index in [9.17, 15) is 35.5 Å². The summed E-state index contributed by atoms with van der Waals surface area (Å²) < 4.78 is 92.4. The van der Waals surface area contributed by atoms with E-state index >= 15 is 0 Å². The molecule has 2 aromatic carbocycles. The second-order valence-electron chi connectivity index (χ2n) is 15.8. The Hall–Kier alpha value is -3.29. The smallest absolute Gasteiger partial charge is 0.416 e. The van der Waals surface area contributed by atoms with Crippen LogP contribution in [0.4, 0.5) is 35.5 Å². The molecule has 2 rings (SSSR count). The molecule has 0 fully saturated rings. The standard InChI is InChI=1S/C11H20F3NO2.C11H13N.C10H10F4.C8H18.CH4/c1-7(2)6-8(11(12,13)14)15-9(16)17-10(3,4)5;1-11(2,3)10-7-5-4-6-9(10)8-12;1-6(2)8-5-7(10(12,13)14)3-4-9(8)11;1-5-8(4)6-7(2)3;/h7-8H,6H2,1-5H3,(H,15,16);4-7H,1-3H3;3-6H,1-2H3;7-8H,5-6H2,1-4H3;1H4. The van der Waals surface area contributed by atoms with Gasteiger partial charge in [-0.25, -0.2) is 9.18 Å². The summed E-state index contributed by atoms with van der Waals surface area (Å²) >= 11 is 0. The van der Waals surface area contributed by atoms with Crippen LogP contribution in [0.2, 0.25) is 0 Å². The Kier molecular flexibility index (Phi) is 23.9. The van der Waals surface area contributed by atoms with E-state index in [4.69, 9.17) is 10.00 Å². The van der Waals surface area contributed by atoms with Crippen molar-refractivity contribution in [2.24, 2.45) is 17.8 Å². The molecule has 0 aliphatic heterocycles. The van der Waals surface area contributed by atoms with Gasteiger partial charge in [0, 0.05) is 0 Å². The molecule has 0 heterocycles. The first-order chi connectivity index (χ1) is 23.0. The fourth-order valence-electron chi connectivity index (χ4n) is 4.56. The van der Waals surface area contributed by atoms with E-state index in [1.54, 1.807) is 48.5 Å². The third kappa shape index (κ3) is 24.0. The Morgan fingerprint density at radius 2 is 1.33 bits per heavy atom. The molecule has 1 N–H and O–H groups in total. The zero-order chi connectivity index (χ0) is 40.5. The lowest BCUT2D eigenvalue weighted by atomic mass is 9.84. The number of amides is 1. The van der Waals surface area contributed by atoms with E-state index < -0.39 is 41.5 Å². The van der Waals surface area contributed by atoms with Gasteiger partial charge >= 0.3 is 18.4 Å². The molecular formula is C41H65F7N2O2. The first-order valence-corrected chi connectivity index (χ1v) is 17.4. The number of ether oxygens (including phenoxy) is 1. The molecule has 2 atom stereocenters. The largest absolute Gasteiger partial charge is 0.444 e. The minimum Gasteiger partial charge on any atom is -0.444 e. The topological polar surface area (TPSA) is 62.1 Å². The lowest BCUT2D eigenvalue weighted by Crippen LogP contribution is -2.47. The van der Waals surface area contributed by atoms with Crippen LogP contribution >= 0.6 is 0 Å². The van der Waals surface area contributed by atoms with Crippen molar-refractivity contribution in [1.29, 1.82) is 5.26 Å². The van der Waals surface area contributed by atoms with Crippen molar-refractivity contribution in [2.75, 3.05) is 0 Å². The van der Waals surface area contributed by atoms with Crippen molar-refractivity contribution in [3.8, 4) is 6.07 Å². The van der Waals surface area contributed by atoms with Gasteiger partial charge in [0.1, 0.15) is 17.5 Å².